The minimum Gasteiger partial charge on any atom is -0.507 e. The molecule has 1 aromatic heterocycles. The van der Waals surface area contributed by atoms with Crippen LogP contribution in [0.3, 0.4) is 0 Å². The Labute approximate surface area is 145 Å². The van der Waals surface area contributed by atoms with Crippen molar-refractivity contribution < 1.29 is 19.0 Å². The van der Waals surface area contributed by atoms with E-state index in [-0.39, 0.29) is 17.5 Å². The minimum absolute atomic E-state index is 0.0473. The third-order valence-corrected chi connectivity index (χ3v) is 3.03. The Hall–Kier alpha value is -2.96. The number of ether oxygens (including phenoxy) is 1. The third kappa shape index (κ3) is 5.56. The number of carbonyl (C=O) groups is 1. The van der Waals surface area contributed by atoms with Gasteiger partial charge in [-0.15, -0.1) is 0 Å². The van der Waals surface area contributed by atoms with Crippen molar-refractivity contribution in [2.24, 2.45) is 0 Å². The SMILES string of the molecule is Cc1cc(C(O)=Cc2ccnc(NC(=O)OC(C)(C)C)n2)ccc1F. The van der Waals surface area contributed by atoms with E-state index in [1.54, 1.807) is 33.8 Å². The van der Waals surface area contributed by atoms with Gasteiger partial charge in [-0.25, -0.2) is 19.2 Å². The predicted molar refractivity (Wildman–Crippen MR) is 93.5 cm³/mol. The van der Waals surface area contributed by atoms with Gasteiger partial charge in [-0.3, -0.25) is 5.32 Å². The number of benzene rings is 1. The number of aromatic nitrogens is 2. The standard InChI is InChI=1S/C18H20FN3O3/c1-11-9-12(5-6-14(11)19)15(23)10-13-7-8-20-16(21-13)22-17(24)25-18(2,3)4/h5-10,23H,1-4H3,(H,20,21,22,24). The van der Waals surface area contributed by atoms with E-state index in [4.69, 9.17) is 4.74 Å². The highest BCUT2D eigenvalue weighted by Crippen LogP contribution is 2.18. The molecule has 0 saturated heterocycles. The summed E-state index contributed by atoms with van der Waals surface area (Å²) in [5, 5.41) is 12.6. The fraction of sp³-hybridized carbons (Fsp3) is 0.278. The molecule has 0 bridgehead atoms. The molecule has 0 fully saturated rings. The van der Waals surface area contributed by atoms with E-state index in [9.17, 15) is 14.3 Å². The number of carbonyl (C=O) groups excluding carboxylic acids is 1. The predicted octanol–water partition coefficient (Wildman–Crippen LogP) is 4.33. The molecule has 2 N–H and O–H groups in total. The summed E-state index contributed by atoms with van der Waals surface area (Å²) in [6, 6.07) is 5.84. The van der Waals surface area contributed by atoms with Crippen LogP contribution >= 0.6 is 0 Å². The average molecular weight is 345 g/mol. The number of aryl methyl sites for hydroxylation is 1. The van der Waals surface area contributed by atoms with E-state index in [0.29, 0.717) is 16.8 Å². The molecule has 132 valence electrons. The van der Waals surface area contributed by atoms with Gasteiger partial charge in [0.1, 0.15) is 17.2 Å². The Morgan fingerprint density at radius 1 is 1.32 bits per heavy atom. The Bertz CT molecular complexity index is 813. The van der Waals surface area contributed by atoms with Crippen molar-refractivity contribution in [2.75, 3.05) is 5.32 Å². The summed E-state index contributed by atoms with van der Waals surface area (Å²) in [6.45, 7) is 6.85. The van der Waals surface area contributed by atoms with Crippen LogP contribution < -0.4 is 5.32 Å². The van der Waals surface area contributed by atoms with Crippen molar-refractivity contribution in [3.63, 3.8) is 0 Å². The molecule has 0 atom stereocenters. The van der Waals surface area contributed by atoms with Crippen molar-refractivity contribution in [3.05, 3.63) is 53.1 Å². The maximum absolute atomic E-state index is 13.3. The zero-order valence-corrected chi connectivity index (χ0v) is 14.5. The molecule has 0 saturated carbocycles. The first-order chi connectivity index (χ1) is 11.6. The first kappa shape index (κ1) is 18.4. The van der Waals surface area contributed by atoms with E-state index in [2.05, 4.69) is 15.3 Å². The van der Waals surface area contributed by atoms with Gasteiger partial charge in [0, 0.05) is 17.8 Å². The van der Waals surface area contributed by atoms with Gasteiger partial charge in [0.05, 0.1) is 5.69 Å². The number of aliphatic hydroxyl groups excluding tert-OH is 1. The van der Waals surface area contributed by atoms with Crippen LogP contribution in [0.5, 0.6) is 0 Å². The van der Waals surface area contributed by atoms with Crippen LogP contribution in [0.25, 0.3) is 11.8 Å². The van der Waals surface area contributed by atoms with Crippen LogP contribution in [0.4, 0.5) is 15.1 Å². The molecule has 0 radical (unpaired) electrons. The molecule has 0 aliphatic rings. The molecule has 2 rings (SSSR count). The number of nitrogens with zero attached hydrogens (tertiary/aromatic N) is 2. The fourth-order valence-electron chi connectivity index (χ4n) is 1.94. The van der Waals surface area contributed by atoms with Crippen LogP contribution in [-0.4, -0.2) is 26.8 Å². The fourth-order valence-corrected chi connectivity index (χ4v) is 1.94. The van der Waals surface area contributed by atoms with Gasteiger partial charge >= 0.3 is 6.09 Å². The Kier molecular flexibility index (Phi) is 5.36. The highest BCUT2D eigenvalue weighted by molar-refractivity contribution is 5.83. The van der Waals surface area contributed by atoms with Gasteiger partial charge in [-0.1, -0.05) is 0 Å². The summed E-state index contributed by atoms with van der Waals surface area (Å²) in [5.74, 6) is -0.376. The Morgan fingerprint density at radius 2 is 2.04 bits per heavy atom. The summed E-state index contributed by atoms with van der Waals surface area (Å²) in [4.78, 5) is 19.8. The maximum atomic E-state index is 13.3. The second-order valence-corrected chi connectivity index (χ2v) is 6.43. The number of anilines is 1. The van der Waals surface area contributed by atoms with Crippen LogP contribution in [0.2, 0.25) is 0 Å². The highest BCUT2D eigenvalue weighted by atomic mass is 19.1. The number of hydrogen-bond donors (Lipinski definition) is 2. The molecule has 6 nitrogen and oxygen atoms in total. The van der Waals surface area contributed by atoms with Gasteiger partial charge in [0.15, 0.2) is 0 Å². The second-order valence-electron chi connectivity index (χ2n) is 6.43. The van der Waals surface area contributed by atoms with Crippen LogP contribution in [0.1, 0.15) is 37.6 Å². The third-order valence-electron chi connectivity index (χ3n) is 3.03. The zero-order chi connectivity index (χ0) is 18.6. The Balaban J connectivity index is 2.17. The lowest BCUT2D eigenvalue weighted by atomic mass is 10.1. The maximum Gasteiger partial charge on any atom is 0.414 e. The van der Waals surface area contributed by atoms with E-state index >= 15 is 0 Å². The molecule has 2 aromatic rings. The quantitative estimate of drug-likeness (QED) is 0.809. The van der Waals surface area contributed by atoms with Crippen molar-refractivity contribution in [1.82, 2.24) is 9.97 Å². The summed E-state index contributed by atoms with van der Waals surface area (Å²) in [5.41, 5.74) is 0.618. The number of aliphatic hydroxyl groups is 1. The molecular formula is C18H20FN3O3. The van der Waals surface area contributed by atoms with E-state index < -0.39 is 11.7 Å². The molecule has 0 unspecified atom stereocenters. The molecule has 7 heteroatoms. The molecule has 25 heavy (non-hydrogen) atoms. The summed E-state index contributed by atoms with van der Waals surface area (Å²) in [6.07, 6.45) is 2.16. The monoisotopic (exact) mass is 345 g/mol. The molecule has 1 heterocycles. The van der Waals surface area contributed by atoms with Crippen molar-refractivity contribution in [1.29, 1.82) is 0 Å². The number of nitrogens with one attached hydrogen (secondary N) is 1. The van der Waals surface area contributed by atoms with Gasteiger partial charge in [0.2, 0.25) is 5.95 Å². The second kappa shape index (κ2) is 7.29. The van der Waals surface area contributed by atoms with Crippen molar-refractivity contribution >= 4 is 23.9 Å². The van der Waals surface area contributed by atoms with Crippen LogP contribution in [0, 0.1) is 12.7 Å². The molecule has 0 aliphatic carbocycles. The smallest absolute Gasteiger partial charge is 0.414 e. The number of rotatable bonds is 3. The largest absolute Gasteiger partial charge is 0.507 e. The lowest BCUT2D eigenvalue weighted by Gasteiger charge is -2.19. The van der Waals surface area contributed by atoms with Crippen molar-refractivity contribution in [3.8, 4) is 0 Å². The first-order valence-corrected chi connectivity index (χ1v) is 7.64. The Morgan fingerprint density at radius 3 is 2.68 bits per heavy atom. The zero-order valence-electron chi connectivity index (χ0n) is 14.5. The summed E-state index contributed by atoms with van der Waals surface area (Å²) >= 11 is 0. The van der Waals surface area contributed by atoms with Crippen molar-refractivity contribution in [2.45, 2.75) is 33.3 Å². The molecular weight excluding hydrogens is 325 g/mol. The minimum atomic E-state index is -0.674. The number of hydrogen-bond acceptors (Lipinski definition) is 5. The summed E-state index contributed by atoms with van der Waals surface area (Å²) in [7, 11) is 0. The average Bonchev–Trinajstić information content (AvgIpc) is 2.48. The lowest BCUT2D eigenvalue weighted by Crippen LogP contribution is -2.27. The van der Waals surface area contributed by atoms with Gasteiger partial charge in [0.25, 0.3) is 0 Å². The molecule has 0 spiro atoms. The molecule has 1 aromatic carbocycles. The normalized spacial score (nSPS) is 12.0. The number of amides is 1. The summed E-state index contributed by atoms with van der Waals surface area (Å²) < 4.78 is 18.4. The van der Waals surface area contributed by atoms with Crippen LogP contribution in [-0.2, 0) is 4.74 Å². The van der Waals surface area contributed by atoms with Gasteiger partial charge < -0.3 is 9.84 Å². The van der Waals surface area contributed by atoms with E-state index in [1.165, 1.54) is 30.5 Å². The van der Waals surface area contributed by atoms with E-state index in [0.717, 1.165) is 0 Å². The molecule has 1 amide bonds. The number of halogens is 1. The molecule has 0 aliphatic heterocycles. The van der Waals surface area contributed by atoms with Crippen LogP contribution in [0.15, 0.2) is 30.5 Å². The first-order valence-electron chi connectivity index (χ1n) is 7.64. The highest BCUT2D eigenvalue weighted by Gasteiger charge is 2.17. The van der Waals surface area contributed by atoms with E-state index in [1.807, 2.05) is 0 Å². The topological polar surface area (TPSA) is 84.3 Å². The lowest BCUT2D eigenvalue weighted by molar-refractivity contribution is 0.0634. The van der Waals surface area contributed by atoms with Gasteiger partial charge in [-0.05, 0) is 57.5 Å². The van der Waals surface area contributed by atoms with Gasteiger partial charge in [-0.2, -0.15) is 0 Å².